The molecular formula is C35H33ClSiZr. The average Bonchev–Trinajstić information content (AvgIpc) is 3.43. The van der Waals surface area contributed by atoms with Gasteiger partial charge in [-0.05, 0) is 0 Å². The van der Waals surface area contributed by atoms with E-state index in [1.54, 1.807) is 43.8 Å². The number of rotatable bonds is 2. The molecule has 0 spiro atoms. The van der Waals surface area contributed by atoms with Crippen LogP contribution in [0.1, 0.15) is 43.4 Å². The van der Waals surface area contributed by atoms with Gasteiger partial charge in [-0.15, -0.1) is 11.6 Å². The van der Waals surface area contributed by atoms with Crippen LogP contribution < -0.4 is 0 Å². The summed E-state index contributed by atoms with van der Waals surface area (Å²) in [6, 6.07) is 36.5. The first kappa shape index (κ1) is 26.0. The fourth-order valence-corrected chi connectivity index (χ4v) is 17.2. The molecule has 3 aliphatic rings. The van der Waals surface area contributed by atoms with Crippen molar-refractivity contribution in [3.63, 3.8) is 0 Å². The van der Waals surface area contributed by atoms with Crippen molar-refractivity contribution in [2.45, 2.75) is 34.2 Å². The summed E-state index contributed by atoms with van der Waals surface area (Å²) in [5.74, 6) is 0. The molecule has 1 heterocycles. The second-order valence-corrected chi connectivity index (χ2v) is 19.0. The van der Waals surface area contributed by atoms with Crippen LogP contribution in [0.2, 0.25) is 13.1 Å². The summed E-state index contributed by atoms with van der Waals surface area (Å²) in [6.07, 6.45) is 1.47. The molecule has 4 bridgehead atoms. The minimum atomic E-state index is -2.02. The van der Waals surface area contributed by atoms with Gasteiger partial charge in [-0.2, -0.15) is 0 Å². The zero-order chi connectivity index (χ0) is 26.6. The van der Waals surface area contributed by atoms with E-state index in [1.165, 1.54) is 28.6 Å². The van der Waals surface area contributed by atoms with Gasteiger partial charge in [0.2, 0.25) is 0 Å². The van der Waals surface area contributed by atoms with Crippen LogP contribution in [0.5, 0.6) is 0 Å². The van der Waals surface area contributed by atoms with Crippen LogP contribution >= 0.6 is 11.6 Å². The van der Waals surface area contributed by atoms with Crippen molar-refractivity contribution in [1.29, 1.82) is 0 Å². The zero-order valence-corrected chi connectivity index (χ0v) is 27.0. The third kappa shape index (κ3) is 3.79. The van der Waals surface area contributed by atoms with E-state index in [4.69, 9.17) is 0 Å². The minimum Gasteiger partial charge on any atom is -0.130 e. The summed E-state index contributed by atoms with van der Waals surface area (Å²) in [7, 11) is -2.02. The number of fused-ring (bicyclic) bond motifs is 8. The van der Waals surface area contributed by atoms with Crippen LogP contribution in [0, 0.1) is 0 Å². The Bertz CT molecular complexity index is 1480. The molecule has 0 N–H and O–H groups in total. The molecule has 0 aromatic heterocycles. The van der Waals surface area contributed by atoms with Crippen LogP contribution in [0.25, 0.3) is 32.6 Å². The molecule has 4 aromatic carbocycles. The van der Waals surface area contributed by atoms with E-state index >= 15 is 0 Å². The Kier molecular flexibility index (Phi) is 6.88. The quantitative estimate of drug-likeness (QED) is 0.157. The van der Waals surface area contributed by atoms with Gasteiger partial charge in [0.05, 0.1) is 0 Å². The Morgan fingerprint density at radius 2 is 0.947 bits per heavy atom. The van der Waals surface area contributed by atoms with E-state index in [0.29, 0.717) is 7.25 Å². The molecule has 2 atom stereocenters. The molecule has 1 aliphatic heterocycles. The fraction of sp³-hybridized carbons (Fsp3) is 0.200. The summed E-state index contributed by atoms with van der Waals surface area (Å²) < 4.78 is 1.34. The molecule has 7 rings (SSSR count). The maximum Gasteiger partial charge on any atom is 0.0108 e. The van der Waals surface area contributed by atoms with E-state index in [1.807, 2.05) is 0 Å². The molecule has 2 unspecified atom stereocenters. The third-order valence-electron chi connectivity index (χ3n) is 8.72. The first-order valence-corrected chi connectivity index (χ1v) is 20.0. The van der Waals surface area contributed by atoms with Gasteiger partial charge in [-0.3, -0.25) is 0 Å². The molecule has 0 radical (unpaired) electrons. The molecule has 0 nitrogen and oxygen atoms in total. The maximum atomic E-state index is 4.64. The number of hydrogen-bond acceptors (Lipinski definition) is 0. The topological polar surface area (TPSA) is 0 Å². The molecule has 188 valence electrons. The van der Waals surface area contributed by atoms with Crippen molar-refractivity contribution < 1.29 is 23.2 Å². The van der Waals surface area contributed by atoms with E-state index in [9.17, 15) is 0 Å². The number of hydrogen-bond donors (Lipinski definition) is 0. The van der Waals surface area contributed by atoms with Crippen LogP contribution in [0.4, 0.5) is 0 Å². The smallest absolute Gasteiger partial charge is 0.0108 e. The van der Waals surface area contributed by atoms with Gasteiger partial charge < -0.3 is 0 Å². The van der Waals surface area contributed by atoms with Gasteiger partial charge in [0.25, 0.3) is 0 Å². The Hall–Kier alpha value is -2.25. The van der Waals surface area contributed by atoms with Crippen LogP contribution in [-0.4, -0.2) is 14.5 Å². The van der Waals surface area contributed by atoms with Crippen molar-refractivity contribution in [3.8, 4) is 22.3 Å². The molecule has 0 amide bonds. The summed E-state index contributed by atoms with van der Waals surface area (Å²) >= 11 is 3.78. The largest absolute Gasteiger partial charge is 0.130 e. The first-order chi connectivity index (χ1) is 18.5. The van der Waals surface area contributed by atoms with Crippen LogP contribution in [0.3, 0.4) is 0 Å². The van der Waals surface area contributed by atoms with Crippen molar-refractivity contribution >= 4 is 30.1 Å². The van der Waals surface area contributed by atoms with Gasteiger partial charge in [-0.25, -0.2) is 0 Å². The molecule has 38 heavy (non-hydrogen) atoms. The second-order valence-electron chi connectivity index (χ2n) is 11.0. The van der Waals surface area contributed by atoms with Crippen molar-refractivity contribution in [2.75, 3.05) is 6.38 Å². The Morgan fingerprint density at radius 3 is 1.34 bits per heavy atom. The molecule has 2 aliphatic carbocycles. The molecule has 0 saturated carbocycles. The Labute approximate surface area is 245 Å². The standard InChI is InChI=1S/C34H30Si.CH3Cl.Zr/c1-23-21-27-17-11-19-29(25-13-7-5-8-14-25)31(27)33(23)35(3,4)34-24(2)22-28-18-12-20-30(32(28)34)26-15-9-6-10-16-26;1-2;/h5-22H,1-4H3;1H3;. The summed E-state index contributed by atoms with van der Waals surface area (Å²) in [4.78, 5) is 0. The summed E-state index contributed by atoms with van der Waals surface area (Å²) in [5.41, 5.74) is 15.5. The Balaban J connectivity index is 0.00000129. The van der Waals surface area contributed by atoms with E-state index in [-0.39, 0.29) is 0 Å². The molecule has 3 heteroatoms. The third-order valence-corrected chi connectivity index (χ3v) is 17.8. The van der Waals surface area contributed by atoms with Gasteiger partial charge in [0, 0.05) is 6.38 Å². The van der Waals surface area contributed by atoms with Gasteiger partial charge >= 0.3 is 229 Å². The fourth-order valence-electron chi connectivity index (χ4n) is 7.38. The normalized spacial score (nSPS) is 20.1. The van der Waals surface area contributed by atoms with E-state index < -0.39 is 31.3 Å². The molecule has 0 saturated heterocycles. The number of allylic oxidation sites excluding steroid dienone is 2. The van der Waals surface area contributed by atoms with E-state index in [0.717, 1.165) is 0 Å². The van der Waals surface area contributed by atoms with Gasteiger partial charge in [-0.1, -0.05) is 0 Å². The maximum absolute atomic E-state index is 4.64. The Morgan fingerprint density at radius 1 is 0.553 bits per heavy atom. The molecular weight excluding hydrogens is 575 g/mol. The van der Waals surface area contributed by atoms with Crippen molar-refractivity contribution in [1.82, 2.24) is 0 Å². The number of halogens is 1. The summed E-state index contributed by atoms with van der Waals surface area (Å²) in [6.45, 7) is 10.3. The second kappa shape index (κ2) is 10.1. The van der Waals surface area contributed by atoms with E-state index in [2.05, 4.69) is 136 Å². The van der Waals surface area contributed by atoms with Crippen LogP contribution in [-0.2, 0) is 23.2 Å². The monoisotopic (exact) mass is 606 g/mol. The van der Waals surface area contributed by atoms with Gasteiger partial charge in [0.15, 0.2) is 0 Å². The first-order valence-electron chi connectivity index (χ1n) is 13.4. The molecule has 0 fully saturated rings. The van der Waals surface area contributed by atoms with Crippen LogP contribution in [0.15, 0.2) is 108 Å². The van der Waals surface area contributed by atoms with Gasteiger partial charge in [0.1, 0.15) is 0 Å². The SMILES string of the molecule is CC1=C2c3c(-c4ccccc4)cccc3[CH]1[Zr][CH]1C(C)=C(c3c(-c4ccccc4)cccc31)[Si]2(C)C.CCl. The summed E-state index contributed by atoms with van der Waals surface area (Å²) in [5, 5.41) is 3.46. The number of benzene rings is 4. The zero-order valence-electron chi connectivity index (χ0n) is 22.8. The minimum absolute atomic E-state index is 0.668. The van der Waals surface area contributed by atoms with Crippen molar-refractivity contribution in [2.24, 2.45) is 0 Å². The predicted molar refractivity (Wildman–Crippen MR) is 164 cm³/mol. The molecule has 4 aromatic rings. The number of alkyl halides is 1. The predicted octanol–water partition coefficient (Wildman–Crippen LogP) is 10.1. The van der Waals surface area contributed by atoms with Crippen molar-refractivity contribution in [3.05, 3.63) is 130 Å². The average molecular weight is 608 g/mol.